The second-order valence-electron chi connectivity index (χ2n) is 13.6. The smallest absolute Gasteiger partial charge is 0.215 e. The van der Waals surface area contributed by atoms with E-state index in [-0.39, 0.29) is 5.54 Å². The SMILES string of the molecule is CC1CCC2(Cc3nc(OCC45CCCN4CC(F)C5)cc(N4CCCC(CC#N)C4)c3CO2)c2c1ccc(N)c2C#N. The third-order valence-corrected chi connectivity index (χ3v) is 10.9. The van der Waals surface area contributed by atoms with Crippen LogP contribution in [-0.2, 0) is 23.4 Å². The highest BCUT2D eigenvalue weighted by Gasteiger charge is 2.50. The summed E-state index contributed by atoms with van der Waals surface area (Å²) in [6.07, 6.45) is 6.59. The van der Waals surface area contributed by atoms with E-state index in [1.807, 2.05) is 12.1 Å². The van der Waals surface area contributed by atoms with Crippen molar-refractivity contribution in [2.24, 2.45) is 5.92 Å². The molecule has 9 heteroatoms. The minimum atomic E-state index is -0.811. The van der Waals surface area contributed by atoms with E-state index >= 15 is 0 Å². The van der Waals surface area contributed by atoms with Gasteiger partial charge in [-0.25, -0.2) is 9.37 Å². The Hall–Kier alpha value is -3.40. The van der Waals surface area contributed by atoms with Gasteiger partial charge in [0, 0.05) is 67.5 Å². The fourth-order valence-corrected chi connectivity index (χ4v) is 8.72. The van der Waals surface area contributed by atoms with Crippen LogP contribution < -0.4 is 15.4 Å². The molecule has 5 heterocycles. The first-order chi connectivity index (χ1) is 20.8. The summed E-state index contributed by atoms with van der Waals surface area (Å²) in [6, 6.07) is 10.7. The van der Waals surface area contributed by atoms with Crippen LogP contribution in [0.3, 0.4) is 0 Å². The molecule has 0 saturated carbocycles. The van der Waals surface area contributed by atoms with Crippen molar-refractivity contribution in [3.63, 3.8) is 0 Å². The quantitative estimate of drug-likeness (QED) is 0.460. The molecule has 1 aromatic carbocycles. The van der Waals surface area contributed by atoms with Gasteiger partial charge in [0.25, 0.3) is 0 Å². The Morgan fingerprint density at radius 2 is 2.07 bits per heavy atom. The van der Waals surface area contributed by atoms with Gasteiger partial charge in [-0.3, -0.25) is 4.90 Å². The van der Waals surface area contributed by atoms with Crippen LogP contribution in [-0.4, -0.2) is 54.4 Å². The molecule has 2 aromatic rings. The van der Waals surface area contributed by atoms with Crippen LogP contribution in [0.4, 0.5) is 15.8 Å². The van der Waals surface area contributed by atoms with Gasteiger partial charge >= 0.3 is 0 Å². The highest BCUT2D eigenvalue weighted by molar-refractivity contribution is 5.65. The van der Waals surface area contributed by atoms with Crippen LogP contribution in [0.15, 0.2) is 18.2 Å². The number of aromatic nitrogens is 1. The number of benzene rings is 1. The summed E-state index contributed by atoms with van der Waals surface area (Å²) < 4.78 is 27.9. The molecule has 5 unspecified atom stereocenters. The minimum absolute atomic E-state index is 0.262. The Bertz CT molecular complexity index is 1500. The van der Waals surface area contributed by atoms with E-state index in [4.69, 9.17) is 20.2 Å². The standard InChI is InChI=1S/C34H41FN6O2/c1-22-7-10-34(32-25(22)5-6-28(38)26(32)17-37)16-29-27(20-43-34)30(40-12-2-4-23(18-40)8-11-36)14-31(39-29)42-21-33-9-3-13-41(33)19-24(35)15-33/h5-6,14,22-24H,2-4,7-10,12-13,15-16,18-21,38H2,1H3. The third-order valence-electron chi connectivity index (χ3n) is 10.9. The number of hydrogen-bond donors (Lipinski definition) is 1. The van der Waals surface area contributed by atoms with Crippen molar-refractivity contribution in [2.45, 2.75) is 94.5 Å². The van der Waals surface area contributed by atoms with Crippen LogP contribution in [0.1, 0.15) is 92.2 Å². The Kier molecular flexibility index (Phi) is 7.22. The molecule has 1 aromatic heterocycles. The lowest BCUT2D eigenvalue weighted by atomic mass is 9.69. The first-order valence-electron chi connectivity index (χ1n) is 16.0. The minimum Gasteiger partial charge on any atom is -0.476 e. The van der Waals surface area contributed by atoms with Crippen LogP contribution in [0.25, 0.3) is 0 Å². The van der Waals surface area contributed by atoms with E-state index in [0.717, 1.165) is 86.2 Å². The molecule has 226 valence electrons. The molecule has 1 spiro atoms. The van der Waals surface area contributed by atoms with Crippen molar-refractivity contribution in [2.75, 3.05) is 43.4 Å². The molecule has 7 rings (SSSR count). The van der Waals surface area contributed by atoms with Gasteiger partial charge in [-0.2, -0.15) is 10.5 Å². The lowest BCUT2D eigenvalue weighted by molar-refractivity contribution is -0.0871. The molecule has 2 N–H and O–H groups in total. The molecule has 1 aliphatic carbocycles. The van der Waals surface area contributed by atoms with Crippen molar-refractivity contribution < 1.29 is 13.9 Å². The third kappa shape index (κ3) is 4.82. The number of ether oxygens (including phenoxy) is 2. The molecule has 4 aliphatic heterocycles. The van der Waals surface area contributed by atoms with Crippen LogP contribution in [0, 0.1) is 28.6 Å². The average molecular weight is 585 g/mol. The Balaban J connectivity index is 1.27. The number of fused-ring (bicyclic) bond motifs is 4. The molecular weight excluding hydrogens is 543 g/mol. The first kappa shape index (κ1) is 28.4. The second kappa shape index (κ2) is 10.9. The summed E-state index contributed by atoms with van der Waals surface area (Å²) in [5, 5.41) is 19.6. The number of nitrogen functional groups attached to an aromatic ring is 1. The second-order valence-corrected chi connectivity index (χ2v) is 13.6. The molecule has 0 bridgehead atoms. The fourth-order valence-electron chi connectivity index (χ4n) is 8.72. The summed E-state index contributed by atoms with van der Waals surface area (Å²) in [4.78, 5) is 9.77. The van der Waals surface area contributed by atoms with Gasteiger partial charge in [0.15, 0.2) is 0 Å². The maximum absolute atomic E-state index is 14.5. The highest BCUT2D eigenvalue weighted by atomic mass is 19.1. The van der Waals surface area contributed by atoms with E-state index in [9.17, 15) is 14.9 Å². The zero-order valence-electron chi connectivity index (χ0n) is 25.1. The van der Waals surface area contributed by atoms with E-state index in [1.165, 1.54) is 0 Å². The van der Waals surface area contributed by atoms with Gasteiger partial charge in [-0.1, -0.05) is 13.0 Å². The average Bonchev–Trinajstić information content (AvgIpc) is 3.53. The number of pyridine rings is 1. The fraction of sp³-hybridized carbons (Fsp3) is 0.618. The Labute approximate surface area is 253 Å². The number of halogens is 1. The van der Waals surface area contributed by atoms with Crippen LogP contribution in [0.2, 0.25) is 0 Å². The molecule has 8 nitrogen and oxygen atoms in total. The van der Waals surface area contributed by atoms with E-state index in [1.54, 1.807) is 0 Å². The van der Waals surface area contributed by atoms with E-state index in [0.29, 0.717) is 68.0 Å². The number of piperidine rings is 1. The predicted molar refractivity (Wildman–Crippen MR) is 161 cm³/mol. The zero-order valence-corrected chi connectivity index (χ0v) is 25.1. The monoisotopic (exact) mass is 584 g/mol. The van der Waals surface area contributed by atoms with Gasteiger partial charge in [0.1, 0.15) is 24.4 Å². The Morgan fingerprint density at radius 3 is 2.91 bits per heavy atom. The van der Waals surface area contributed by atoms with Crippen LogP contribution in [0.5, 0.6) is 5.88 Å². The lowest BCUT2D eigenvalue weighted by Crippen LogP contribution is -2.44. The summed E-state index contributed by atoms with van der Waals surface area (Å²) in [5.41, 5.74) is 11.5. The van der Waals surface area contributed by atoms with E-state index < -0.39 is 11.8 Å². The number of anilines is 2. The number of nitriles is 2. The summed E-state index contributed by atoms with van der Waals surface area (Å²) in [7, 11) is 0. The molecule has 0 radical (unpaired) electrons. The maximum Gasteiger partial charge on any atom is 0.215 e. The van der Waals surface area contributed by atoms with Gasteiger partial charge in [-0.15, -0.1) is 0 Å². The van der Waals surface area contributed by atoms with Crippen molar-refractivity contribution >= 4 is 11.4 Å². The zero-order chi connectivity index (χ0) is 29.8. The molecule has 5 atom stereocenters. The van der Waals surface area contributed by atoms with Crippen LogP contribution >= 0.6 is 0 Å². The van der Waals surface area contributed by atoms with Gasteiger partial charge in [0.05, 0.1) is 29.5 Å². The van der Waals surface area contributed by atoms with Gasteiger partial charge in [0.2, 0.25) is 5.88 Å². The molecular formula is C34H41FN6O2. The molecule has 3 fully saturated rings. The Morgan fingerprint density at radius 1 is 1.19 bits per heavy atom. The molecule has 43 heavy (non-hydrogen) atoms. The van der Waals surface area contributed by atoms with Gasteiger partial charge in [-0.05, 0) is 68.5 Å². The van der Waals surface area contributed by atoms with E-state index in [2.05, 4.69) is 34.9 Å². The largest absolute Gasteiger partial charge is 0.476 e. The number of alkyl halides is 1. The number of hydrogen-bond acceptors (Lipinski definition) is 8. The summed E-state index contributed by atoms with van der Waals surface area (Å²) >= 11 is 0. The van der Waals surface area contributed by atoms with Crippen molar-refractivity contribution in [1.82, 2.24) is 9.88 Å². The predicted octanol–water partition coefficient (Wildman–Crippen LogP) is 5.49. The number of nitrogens with two attached hydrogens (primary N) is 1. The number of nitrogens with zero attached hydrogens (tertiary/aromatic N) is 5. The highest BCUT2D eigenvalue weighted by Crippen LogP contribution is 2.51. The topological polar surface area (TPSA) is 111 Å². The van der Waals surface area contributed by atoms with Crippen molar-refractivity contribution in [3.05, 3.63) is 46.1 Å². The molecule has 0 amide bonds. The summed E-state index contributed by atoms with van der Waals surface area (Å²) in [6.45, 7) is 6.13. The van der Waals surface area contributed by atoms with Crippen molar-refractivity contribution in [1.29, 1.82) is 10.5 Å². The van der Waals surface area contributed by atoms with Crippen molar-refractivity contribution in [3.8, 4) is 18.0 Å². The maximum atomic E-state index is 14.5. The number of rotatable bonds is 5. The molecule has 5 aliphatic rings. The first-order valence-corrected chi connectivity index (χ1v) is 16.0. The lowest BCUT2D eigenvalue weighted by Gasteiger charge is -2.45. The van der Waals surface area contributed by atoms with Gasteiger partial charge < -0.3 is 20.1 Å². The summed E-state index contributed by atoms with van der Waals surface area (Å²) in [5.74, 6) is 1.19. The normalized spacial score (nSPS) is 31.6. The molecule has 3 saturated heterocycles.